The van der Waals surface area contributed by atoms with Crippen molar-refractivity contribution in [3.05, 3.63) is 100 Å². The Morgan fingerprint density at radius 2 is 1.87 bits per heavy atom. The van der Waals surface area contributed by atoms with Crippen LogP contribution in [0.25, 0.3) is 11.1 Å². The summed E-state index contributed by atoms with van der Waals surface area (Å²) in [5, 5.41) is 8.20. The summed E-state index contributed by atoms with van der Waals surface area (Å²) in [5.74, 6) is 0.933. The standard InChI is InChI=1S/C30H30N4O3S/c1-21(35)33-19-23-10-7-14-32-29(23)37-27-12-6-5-11-25(27)26-13-17-38-28(26)30(36)34-16-15-31-20-24(34)18-22-8-3-2-4-9-22/h2-14,17,24,31H,15-16,18-20H2,1H3,(H,33,35)/t24-/m1/s1. The fraction of sp³-hybridized carbons (Fsp3) is 0.233. The Hall–Kier alpha value is -4.01. The van der Waals surface area contributed by atoms with Crippen LogP contribution < -0.4 is 15.4 Å². The monoisotopic (exact) mass is 526 g/mol. The van der Waals surface area contributed by atoms with E-state index < -0.39 is 0 Å². The van der Waals surface area contributed by atoms with Crippen molar-refractivity contribution in [2.24, 2.45) is 0 Å². The molecule has 1 aliphatic heterocycles. The van der Waals surface area contributed by atoms with Crippen molar-refractivity contribution in [3.8, 4) is 22.8 Å². The first-order valence-electron chi connectivity index (χ1n) is 12.7. The van der Waals surface area contributed by atoms with E-state index in [1.165, 1.54) is 23.8 Å². The predicted octanol–water partition coefficient (Wildman–Crippen LogP) is 4.90. The highest BCUT2D eigenvalue weighted by Crippen LogP contribution is 2.38. The van der Waals surface area contributed by atoms with Crippen LogP contribution in [0.15, 0.2) is 84.4 Å². The molecule has 8 heteroatoms. The van der Waals surface area contributed by atoms with Crippen LogP contribution in [-0.2, 0) is 17.8 Å². The molecular formula is C30H30N4O3S. The lowest BCUT2D eigenvalue weighted by Gasteiger charge is -2.36. The van der Waals surface area contributed by atoms with Crippen molar-refractivity contribution in [2.45, 2.75) is 25.9 Å². The largest absolute Gasteiger partial charge is 0.438 e. The molecular weight excluding hydrogens is 496 g/mol. The number of rotatable bonds is 8. The van der Waals surface area contributed by atoms with E-state index in [1.54, 1.807) is 6.20 Å². The van der Waals surface area contributed by atoms with E-state index >= 15 is 0 Å². The van der Waals surface area contributed by atoms with E-state index in [0.717, 1.165) is 36.2 Å². The van der Waals surface area contributed by atoms with E-state index in [0.29, 0.717) is 29.6 Å². The van der Waals surface area contributed by atoms with Gasteiger partial charge in [-0.15, -0.1) is 11.3 Å². The van der Waals surface area contributed by atoms with Gasteiger partial charge in [-0.3, -0.25) is 9.59 Å². The highest BCUT2D eigenvalue weighted by molar-refractivity contribution is 7.12. The lowest BCUT2D eigenvalue weighted by atomic mass is 10.0. The lowest BCUT2D eigenvalue weighted by molar-refractivity contribution is -0.119. The molecule has 0 spiro atoms. The molecule has 1 aliphatic rings. The number of para-hydroxylation sites is 1. The smallest absolute Gasteiger partial charge is 0.264 e. The number of aromatic nitrogens is 1. The molecule has 3 heterocycles. The number of carbonyl (C=O) groups excluding carboxylic acids is 2. The number of piperazine rings is 1. The third-order valence-corrected chi connectivity index (χ3v) is 7.45. The van der Waals surface area contributed by atoms with Gasteiger partial charge in [-0.2, -0.15) is 0 Å². The van der Waals surface area contributed by atoms with Gasteiger partial charge in [-0.25, -0.2) is 4.98 Å². The van der Waals surface area contributed by atoms with Crippen LogP contribution in [-0.4, -0.2) is 47.4 Å². The van der Waals surface area contributed by atoms with Crippen molar-refractivity contribution < 1.29 is 14.3 Å². The van der Waals surface area contributed by atoms with E-state index in [2.05, 4.69) is 27.8 Å². The minimum absolute atomic E-state index is 0.0383. The van der Waals surface area contributed by atoms with Crippen LogP contribution in [0.1, 0.15) is 27.7 Å². The van der Waals surface area contributed by atoms with Gasteiger partial charge in [0, 0.05) is 62.0 Å². The highest BCUT2D eigenvalue weighted by atomic mass is 32.1. The third kappa shape index (κ3) is 5.93. The Labute approximate surface area is 226 Å². The minimum Gasteiger partial charge on any atom is -0.438 e. The zero-order valence-corrected chi connectivity index (χ0v) is 22.0. The molecule has 4 aromatic rings. The molecule has 1 fully saturated rings. The van der Waals surface area contributed by atoms with Gasteiger partial charge in [0.05, 0.1) is 4.88 Å². The quantitative estimate of drug-likeness (QED) is 0.341. The van der Waals surface area contributed by atoms with Gasteiger partial charge >= 0.3 is 0 Å². The fourth-order valence-electron chi connectivity index (χ4n) is 4.67. The fourth-order valence-corrected chi connectivity index (χ4v) is 5.53. The number of nitrogens with one attached hydrogen (secondary N) is 2. The average molecular weight is 527 g/mol. The Bertz CT molecular complexity index is 1410. The molecule has 194 valence electrons. The first-order valence-corrected chi connectivity index (χ1v) is 13.6. The number of nitrogens with zero attached hydrogens (tertiary/aromatic N) is 2. The second-order valence-corrected chi connectivity index (χ2v) is 10.1. The SMILES string of the molecule is CC(=O)NCc1cccnc1Oc1ccccc1-c1ccsc1C(=O)N1CCNC[C@H]1Cc1ccccc1. The molecule has 2 aromatic heterocycles. The summed E-state index contributed by atoms with van der Waals surface area (Å²) in [6, 6.07) is 23.7. The van der Waals surface area contributed by atoms with Crippen molar-refractivity contribution in [1.82, 2.24) is 20.5 Å². The van der Waals surface area contributed by atoms with Crippen LogP contribution in [0.4, 0.5) is 0 Å². The summed E-state index contributed by atoms with van der Waals surface area (Å²) in [5.41, 5.74) is 3.65. The maximum Gasteiger partial charge on any atom is 0.264 e. The second kappa shape index (κ2) is 12.0. The van der Waals surface area contributed by atoms with Gasteiger partial charge in [-0.05, 0) is 35.6 Å². The average Bonchev–Trinajstić information content (AvgIpc) is 3.43. The molecule has 0 bridgehead atoms. The number of amides is 2. The molecule has 1 saturated heterocycles. The molecule has 2 amide bonds. The second-order valence-electron chi connectivity index (χ2n) is 9.19. The zero-order chi connectivity index (χ0) is 26.3. The molecule has 2 N–H and O–H groups in total. The summed E-state index contributed by atoms with van der Waals surface area (Å²) >= 11 is 1.45. The number of thiophene rings is 1. The van der Waals surface area contributed by atoms with Crippen LogP contribution in [0, 0.1) is 0 Å². The minimum atomic E-state index is -0.125. The molecule has 7 nitrogen and oxygen atoms in total. The first kappa shape index (κ1) is 25.6. The number of hydrogen-bond acceptors (Lipinski definition) is 6. The Balaban J connectivity index is 1.42. The Kier molecular flexibility index (Phi) is 8.11. The molecule has 0 aliphatic carbocycles. The van der Waals surface area contributed by atoms with Gasteiger partial charge in [0.1, 0.15) is 5.75 Å². The van der Waals surface area contributed by atoms with Crippen LogP contribution in [0.3, 0.4) is 0 Å². The molecule has 2 aromatic carbocycles. The molecule has 0 radical (unpaired) electrons. The summed E-state index contributed by atoms with van der Waals surface area (Å²) in [7, 11) is 0. The van der Waals surface area contributed by atoms with Gasteiger partial charge < -0.3 is 20.3 Å². The number of pyridine rings is 1. The number of benzene rings is 2. The maximum absolute atomic E-state index is 13.9. The topological polar surface area (TPSA) is 83.6 Å². The summed E-state index contributed by atoms with van der Waals surface area (Å²) in [4.78, 5) is 32.5. The lowest BCUT2D eigenvalue weighted by Crippen LogP contribution is -2.54. The highest BCUT2D eigenvalue weighted by Gasteiger charge is 2.30. The molecule has 0 unspecified atom stereocenters. The number of hydrogen-bond donors (Lipinski definition) is 2. The van der Waals surface area contributed by atoms with Crippen molar-refractivity contribution in [3.63, 3.8) is 0 Å². The zero-order valence-electron chi connectivity index (χ0n) is 21.2. The van der Waals surface area contributed by atoms with Crippen LogP contribution in [0.2, 0.25) is 0 Å². The summed E-state index contributed by atoms with van der Waals surface area (Å²) in [6.07, 6.45) is 2.46. The summed E-state index contributed by atoms with van der Waals surface area (Å²) < 4.78 is 6.28. The third-order valence-electron chi connectivity index (χ3n) is 6.55. The summed E-state index contributed by atoms with van der Waals surface area (Å²) in [6.45, 7) is 3.98. The van der Waals surface area contributed by atoms with Gasteiger partial charge in [0.25, 0.3) is 5.91 Å². The van der Waals surface area contributed by atoms with E-state index in [1.807, 2.05) is 70.9 Å². The van der Waals surface area contributed by atoms with Crippen LogP contribution >= 0.6 is 11.3 Å². The first-order chi connectivity index (χ1) is 18.6. The molecule has 1 atom stereocenters. The van der Waals surface area contributed by atoms with E-state index in [-0.39, 0.29) is 17.9 Å². The molecule has 0 saturated carbocycles. The molecule has 38 heavy (non-hydrogen) atoms. The van der Waals surface area contributed by atoms with Crippen LogP contribution in [0.5, 0.6) is 11.6 Å². The van der Waals surface area contributed by atoms with E-state index in [4.69, 9.17) is 4.74 Å². The van der Waals surface area contributed by atoms with Crippen molar-refractivity contribution >= 4 is 23.2 Å². The number of carbonyl (C=O) groups is 2. The van der Waals surface area contributed by atoms with E-state index in [9.17, 15) is 9.59 Å². The number of ether oxygens (including phenoxy) is 1. The van der Waals surface area contributed by atoms with Crippen molar-refractivity contribution in [2.75, 3.05) is 19.6 Å². The Morgan fingerprint density at radius 1 is 1.05 bits per heavy atom. The Morgan fingerprint density at radius 3 is 2.71 bits per heavy atom. The van der Waals surface area contributed by atoms with Gasteiger partial charge in [-0.1, -0.05) is 54.6 Å². The van der Waals surface area contributed by atoms with Gasteiger partial charge in [0.2, 0.25) is 11.8 Å². The van der Waals surface area contributed by atoms with Crippen molar-refractivity contribution in [1.29, 1.82) is 0 Å². The van der Waals surface area contributed by atoms with Gasteiger partial charge in [0.15, 0.2) is 0 Å². The normalized spacial score (nSPS) is 15.2. The predicted molar refractivity (Wildman–Crippen MR) is 149 cm³/mol. The maximum atomic E-state index is 13.9. The molecule has 5 rings (SSSR count).